The number of carbonyl (C=O) groups is 1. The smallest absolute Gasteiger partial charge is 0.143 e. The second-order valence-corrected chi connectivity index (χ2v) is 6.04. The Hall–Kier alpha value is -0.810. The van der Waals surface area contributed by atoms with E-state index >= 15 is 0 Å². The van der Waals surface area contributed by atoms with Gasteiger partial charge in [-0.1, -0.05) is 0 Å². The average Bonchev–Trinajstić information content (AvgIpc) is 3.01. The molecule has 0 saturated carbocycles. The van der Waals surface area contributed by atoms with Crippen molar-refractivity contribution in [2.24, 2.45) is 5.92 Å². The zero-order valence-corrected chi connectivity index (χ0v) is 11.8. The fraction of sp³-hybridized carbons (Fsp3) is 0.500. The molecule has 1 aromatic rings. The summed E-state index contributed by atoms with van der Waals surface area (Å²) in [6.45, 7) is 0. The number of benzene rings is 1. The third-order valence-corrected chi connectivity index (χ3v) is 4.62. The second-order valence-electron chi connectivity index (χ2n) is 5.18. The molecule has 0 spiro atoms. The molecule has 19 heavy (non-hydrogen) atoms. The monoisotopic (exact) mass is 330 g/mol. The maximum absolute atomic E-state index is 13.8. The molecule has 2 saturated heterocycles. The van der Waals surface area contributed by atoms with Crippen LogP contribution < -0.4 is 0 Å². The highest BCUT2D eigenvalue weighted by Crippen LogP contribution is 2.39. The van der Waals surface area contributed by atoms with Crippen molar-refractivity contribution in [3.05, 3.63) is 33.8 Å². The van der Waals surface area contributed by atoms with E-state index < -0.39 is 11.6 Å². The average molecular weight is 331 g/mol. The maximum Gasteiger partial charge on any atom is 0.143 e. The van der Waals surface area contributed by atoms with Gasteiger partial charge in [0.25, 0.3) is 0 Å². The first-order valence-corrected chi connectivity index (χ1v) is 7.16. The number of carbonyl (C=O) groups excluding carboxylic acids is 1. The van der Waals surface area contributed by atoms with Crippen LogP contribution in [-0.2, 0) is 16.0 Å². The number of hydrogen-bond acceptors (Lipinski definition) is 2. The Morgan fingerprint density at radius 2 is 2.16 bits per heavy atom. The van der Waals surface area contributed by atoms with Gasteiger partial charge < -0.3 is 4.74 Å². The summed E-state index contributed by atoms with van der Waals surface area (Å²) in [5.41, 5.74) is -0.151. The lowest BCUT2D eigenvalue weighted by molar-refractivity contribution is -0.123. The van der Waals surface area contributed by atoms with Gasteiger partial charge in [0.1, 0.15) is 17.4 Å². The maximum atomic E-state index is 13.8. The molecule has 2 fully saturated rings. The van der Waals surface area contributed by atoms with Gasteiger partial charge in [0.15, 0.2) is 0 Å². The highest BCUT2D eigenvalue weighted by atomic mass is 79.9. The van der Waals surface area contributed by atoms with Crippen LogP contribution in [0.5, 0.6) is 0 Å². The summed E-state index contributed by atoms with van der Waals surface area (Å²) in [6, 6.07) is 2.48. The van der Waals surface area contributed by atoms with E-state index in [1.165, 1.54) is 12.1 Å². The van der Waals surface area contributed by atoms with Gasteiger partial charge in [-0.3, -0.25) is 4.79 Å². The van der Waals surface area contributed by atoms with Crippen LogP contribution in [0.4, 0.5) is 8.78 Å². The lowest BCUT2D eigenvalue weighted by atomic mass is 9.84. The van der Waals surface area contributed by atoms with E-state index in [0.29, 0.717) is 6.42 Å². The van der Waals surface area contributed by atoms with Gasteiger partial charge in [-0.2, -0.15) is 0 Å². The van der Waals surface area contributed by atoms with Crippen molar-refractivity contribution in [1.29, 1.82) is 0 Å². The summed E-state index contributed by atoms with van der Waals surface area (Å²) < 4.78 is 33.2. The van der Waals surface area contributed by atoms with E-state index in [9.17, 15) is 13.6 Å². The predicted octanol–water partition coefficient (Wildman–Crippen LogP) is 3.41. The van der Waals surface area contributed by atoms with E-state index in [1.807, 2.05) is 0 Å². The van der Waals surface area contributed by atoms with Gasteiger partial charge in [-0.15, -0.1) is 0 Å². The van der Waals surface area contributed by atoms with Crippen molar-refractivity contribution < 1.29 is 18.3 Å². The van der Waals surface area contributed by atoms with Crippen LogP contribution in [0.2, 0.25) is 0 Å². The largest absolute Gasteiger partial charge is 0.374 e. The van der Waals surface area contributed by atoms with Crippen molar-refractivity contribution in [2.75, 3.05) is 0 Å². The molecule has 2 heterocycles. The Bertz CT molecular complexity index is 532. The molecule has 0 amide bonds. The van der Waals surface area contributed by atoms with Crippen LogP contribution in [0.25, 0.3) is 0 Å². The summed E-state index contributed by atoms with van der Waals surface area (Å²) in [6.07, 6.45) is 2.49. The van der Waals surface area contributed by atoms with Crippen molar-refractivity contribution in [2.45, 2.75) is 37.9 Å². The van der Waals surface area contributed by atoms with Crippen molar-refractivity contribution >= 4 is 21.7 Å². The van der Waals surface area contributed by atoms with Crippen LogP contribution in [0.1, 0.15) is 24.8 Å². The summed E-state index contributed by atoms with van der Waals surface area (Å²) in [5.74, 6) is -1.67. The molecule has 0 aromatic heterocycles. The Morgan fingerprint density at radius 3 is 2.79 bits per heavy atom. The summed E-state index contributed by atoms with van der Waals surface area (Å²) in [4.78, 5) is 12.2. The van der Waals surface area contributed by atoms with Gasteiger partial charge in [-0.05, 0) is 47.3 Å². The van der Waals surface area contributed by atoms with Crippen LogP contribution in [0, 0.1) is 17.6 Å². The predicted molar refractivity (Wildman–Crippen MR) is 68.8 cm³/mol. The minimum Gasteiger partial charge on any atom is -0.374 e. The lowest BCUT2D eigenvalue weighted by Crippen LogP contribution is -2.27. The minimum atomic E-state index is -0.683. The van der Waals surface area contributed by atoms with Crippen LogP contribution >= 0.6 is 15.9 Å². The van der Waals surface area contributed by atoms with Crippen molar-refractivity contribution in [3.8, 4) is 0 Å². The van der Waals surface area contributed by atoms with Crippen LogP contribution in [0.3, 0.4) is 0 Å². The number of halogens is 3. The Balaban J connectivity index is 1.78. The molecule has 102 valence electrons. The number of fused-ring (bicyclic) bond motifs is 2. The molecular formula is C14H13BrF2O2. The number of ketones is 1. The minimum absolute atomic E-state index is 0.0456. The van der Waals surface area contributed by atoms with Crippen LogP contribution in [0.15, 0.2) is 16.6 Å². The van der Waals surface area contributed by atoms with Gasteiger partial charge in [-0.25, -0.2) is 8.78 Å². The molecule has 2 nitrogen and oxygen atoms in total. The zero-order valence-electron chi connectivity index (χ0n) is 10.2. The van der Waals surface area contributed by atoms with E-state index in [4.69, 9.17) is 4.74 Å². The molecule has 0 N–H and O–H groups in total. The molecule has 3 atom stereocenters. The van der Waals surface area contributed by atoms with Crippen LogP contribution in [-0.4, -0.2) is 18.0 Å². The fourth-order valence-corrected chi connectivity index (χ4v) is 3.38. The molecule has 3 unspecified atom stereocenters. The van der Waals surface area contributed by atoms with Gasteiger partial charge in [0.2, 0.25) is 0 Å². The summed E-state index contributed by atoms with van der Waals surface area (Å²) >= 11 is 3.01. The normalized spacial score (nSPS) is 28.9. The zero-order chi connectivity index (χ0) is 13.6. The van der Waals surface area contributed by atoms with Gasteiger partial charge >= 0.3 is 0 Å². The van der Waals surface area contributed by atoms with E-state index in [-0.39, 0.29) is 40.4 Å². The highest BCUT2D eigenvalue weighted by Gasteiger charge is 2.44. The number of rotatable bonds is 3. The topological polar surface area (TPSA) is 26.3 Å². The molecule has 0 aliphatic carbocycles. The molecule has 2 aliphatic rings. The Morgan fingerprint density at radius 1 is 1.37 bits per heavy atom. The highest BCUT2D eigenvalue weighted by molar-refractivity contribution is 9.10. The molecule has 1 aromatic carbocycles. The van der Waals surface area contributed by atoms with Gasteiger partial charge in [0, 0.05) is 17.9 Å². The summed E-state index contributed by atoms with van der Waals surface area (Å²) in [5, 5.41) is 0. The molecule has 2 bridgehead atoms. The first kappa shape index (κ1) is 13.2. The molecule has 0 radical (unpaired) electrons. The Labute approximate surface area is 118 Å². The Kier molecular flexibility index (Phi) is 3.43. The first-order valence-electron chi connectivity index (χ1n) is 6.37. The van der Waals surface area contributed by atoms with E-state index in [2.05, 4.69) is 15.9 Å². The fourth-order valence-electron chi connectivity index (χ4n) is 3.01. The standard InChI is InChI=1S/C14H13BrF2O2/c15-10-2-3-11(16)8(14(10)17)6-12(18)9-5-7-1-4-13(9)19-7/h2-3,7,9,13H,1,4-6H2. The SMILES string of the molecule is O=C(Cc1c(F)ccc(Br)c1F)C1CC2CCC1O2. The summed E-state index contributed by atoms with van der Waals surface area (Å²) in [7, 11) is 0. The second kappa shape index (κ2) is 4.94. The third-order valence-electron chi connectivity index (χ3n) is 4.01. The lowest BCUT2D eigenvalue weighted by Gasteiger charge is -2.17. The van der Waals surface area contributed by atoms with E-state index in [0.717, 1.165) is 12.8 Å². The number of ether oxygens (including phenoxy) is 1. The molecule has 3 rings (SSSR count). The van der Waals surface area contributed by atoms with Gasteiger partial charge in [0.05, 0.1) is 16.7 Å². The third kappa shape index (κ3) is 2.34. The van der Waals surface area contributed by atoms with Crippen molar-refractivity contribution in [1.82, 2.24) is 0 Å². The number of Topliss-reactive ketones (excluding diaryl/α,β-unsaturated/α-hetero) is 1. The first-order chi connectivity index (χ1) is 9.06. The quantitative estimate of drug-likeness (QED) is 0.794. The molecule has 2 aliphatic heterocycles. The number of hydrogen-bond donors (Lipinski definition) is 0. The molecular weight excluding hydrogens is 318 g/mol. The van der Waals surface area contributed by atoms with E-state index in [1.54, 1.807) is 0 Å². The van der Waals surface area contributed by atoms with Crippen molar-refractivity contribution in [3.63, 3.8) is 0 Å². The molecule has 5 heteroatoms.